The topological polar surface area (TPSA) is 63.6 Å². The van der Waals surface area contributed by atoms with E-state index in [0.717, 1.165) is 37.2 Å². The number of allylic oxidation sites excluding steroid dienone is 1. The highest BCUT2D eigenvalue weighted by Gasteiger charge is 2.53. The maximum Gasteiger partial charge on any atom is 0.348 e. The summed E-state index contributed by atoms with van der Waals surface area (Å²) in [5.41, 5.74) is 2.56. The summed E-state index contributed by atoms with van der Waals surface area (Å²) in [7, 11) is 0. The molecule has 0 unspecified atom stereocenters. The zero-order valence-electron chi connectivity index (χ0n) is 17.9. The molecule has 0 atom stereocenters. The first kappa shape index (κ1) is 21.7. The molecule has 31 heavy (non-hydrogen) atoms. The monoisotopic (exact) mass is 452 g/mol. The Hall–Kier alpha value is -2.57. The molecule has 3 aromatic rings. The first-order chi connectivity index (χ1) is 14.7. The SMILES string of the molecule is CSc1ccc2c(C)c(C(=O)/C=C/c3cc(C)c(OC4(C(=O)O)CC4)c(C)c3)sc2c1. The summed E-state index contributed by atoms with van der Waals surface area (Å²) in [6, 6.07) is 10.2. The number of carbonyl (C=O) groups is 2. The number of aliphatic carboxylic acids is 1. The summed E-state index contributed by atoms with van der Waals surface area (Å²) >= 11 is 3.22. The fourth-order valence-corrected chi connectivity index (χ4v) is 5.41. The third-order valence-electron chi connectivity index (χ3n) is 5.67. The van der Waals surface area contributed by atoms with Crippen LogP contribution in [-0.4, -0.2) is 28.7 Å². The minimum atomic E-state index is -1.07. The maximum atomic E-state index is 12.9. The molecule has 2 aromatic carbocycles. The average molecular weight is 453 g/mol. The molecule has 1 heterocycles. The normalized spacial score (nSPS) is 14.8. The molecular weight excluding hydrogens is 428 g/mol. The third kappa shape index (κ3) is 4.14. The van der Waals surface area contributed by atoms with E-state index in [0.29, 0.717) is 18.6 Å². The lowest BCUT2D eigenvalue weighted by Crippen LogP contribution is -2.29. The van der Waals surface area contributed by atoms with E-state index in [2.05, 4.69) is 18.2 Å². The number of rotatable bonds is 7. The van der Waals surface area contributed by atoms with Crippen LogP contribution in [-0.2, 0) is 4.79 Å². The van der Waals surface area contributed by atoms with Gasteiger partial charge >= 0.3 is 5.97 Å². The second kappa shape index (κ2) is 8.17. The maximum absolute atomic E-state index is 12.9. The molecule has 6 heteroatoms. The Bertz CT molecular complexity index is 1210. The quantitative estimate of drug-likeness (QED) is 0.254. The van der Waals surface area contributed by atoms with Crippen molar-refractivity contribution in [2.24, 2.45) is 0 Å². The van der Waals surface area contributed by atoms with E-state index in [1.807, 2.05) is 45.2 Å². The van der Waals surface area contributed by atoms with Crippen molar-refractivity contribution in [3.05, 3.63) is 63.5 Å². The van der Waals surface area contributed by atoms with Crippen molar-refractivity contribution in [1.29, 1.82) is 0 Å². The van der Waals surface area contributed by atoms with Crippen molar-refractivity contribution in [2.45, 2.75) is 44.1 Å². The smallest absolute Gasteiger partial charge is 0.348 e. The molecule has 0 spiro atoms. The van der Waals surface area contributed by atoms with E-state index in [4.69, 9.17) is 4.74 Å². The Morgan fingerprint density at radius 3 is 2.39 bits per heavy atom. The molecule has 0 radical (unpaired) electrons. The van der Waals surface area contributed by atoms with Crippen LogP contribution in [0.2, 0.25) is 0 Å². The van der Waals surface area contributed by atoms with Crippen LogP contribution in [0.5, 0.6) is 5.75 Å². The summed E-state index contributed by atoms with van der Waals surface area (Å²) in [6.07, 6.45) is 6.53. The standard InChI is InChI=1S/C25H24O4S2/c1-14-11-17(12-15(2)22(14)29-25(9-10-25)24(27)28)5-8-20(26)23-16(3)19-7-6-18(30-4)13-21(19)31-23/h5-8,11-13H,9-10H2,1-4H3,(H,27,28)/b8-5+. The first-order valence-electron chi connectivity index (χ1n) is 10.1. The number of carboxylic acid groups (broad SMARTS) is 1. The van der Waals surface area contributed by atoms with Crippen molar-refractivity contribution < 1.29 is 19.4 Å². The Kier molecular flexibility index (Phi) is 5.71. The Balaban J connectivity index is 1.57. The van der Waals surface area contributed by atoms with Crippen LogP contribution in [0.15, 0.2) is 41.3 Å². The van der Waals surface area contributed by atoms with Gasteiger partial charge in [-0.15, -0.1) is 23.1 Å². The molecule has 160 valence electrons. The summed E-state index contributed by atoms with van der Waals surface area (Å²) in [5, 5.41) is 10.5. The molecule has 0 aliphatic heterocycles. The number of thioether (sulfide) groups is 1. The highest BCUT2D eigenvalue weighted by Crippen LogP contribution is 2.42. The van der Waals surface area contributed by atoms with Gasteiger partial charge in [0.1, 0.15) is 5.75 Å². The number of ketones is 1. The van der Waals surface area contributed by atoms with E-state index in [-0.39, 0.29) is 5.78 Å². The summed E-state index contributed by atoms with van der Waals surface area (Å²) in [5.74, 6) is -0.305. The molecule has 1 aliphatic rings. The van der Waals surface area contributed by atoms with Crippen LogP contribution in [0.3, 0.4) is 0 Å². The molecule has 0 amide bonds. The Morgan fingerprint density at radius 2 is 1.81 bits per heavy atom. The van der Waals surface area contributed by atoms with Gasteiger partial charge in [-0.2, -0.15) is 0 Å². The fourth-order valence-electron chi connectivity index (χ4n) is 3.72. The molecule has 1 aliphatic carbocycles. The number of hydrogen-bond donors (Lipinski definition) is 1. The zero-order chi connectivity index (χ0) is 22.3. The van der Waals surface area contributed by atoms with Gasteiger partial charge in [-0.05, 0) is 85.0 Å². The number of hydrogen-bond acceptors (Lipinski definition) is 5. The molecule has 1 fully saturated rings. The van der Waals surface area contributed by atoms with E-state index in [1.54, 1.807) is 17.8 Å². The van der Waals surface area contributed by atoms with Gasteiger partial charge in [-0.25, -0.2) is 4.79 Å². The number of aryl methyl sites for hydroxylation is 3. The van der Waals surface area contributed by atoms with E-state index >= 15 is 0 Å². The number of carboxylic acids is 1. The minimum absolute atomic E-state index is 0.0113. The van der Waals surface area contributed by atoms with Gasteiger partial charge in [-0.3, -0.25) is 4.79 Å². The minimum Gasteiger partial charge on any atom is -0.478 e. The van der Waals surface area contributed by atoms with Crippen LogP contribution < -0.4 is 4.74 Å². The van der Waals surface area contributed by atoms with Crippen LogP contribution in [0, 0.1) is 20.8 Å². The van der Waals surface area contributed by atoms with Crippen molar-refractivity contribution in [2.75, 3.05) is 6.26 Å². The number of fused-ring (bicyclic) bond motifs is 1. The number of ether oxygens (including phenoxy) is 1. The van der Waals surface area contributed by atoms with Crippen molar-refractivity contribution >= 4 is 51.0 Å². The van der Waals surface area contributed by atoms with Gasteiger partial charge in [0.2, 0.25) is 5.60 Å². The highest BCUT2D eigenvalue weighted by molar-refractivity contribution is 7.98. The molecule has 1 N–H and O–H groups in total. The third-order valence-corrected chi connectivity index (χ3v) is 7.66. The summed E-state index contributed by atoms with van der Waals surface area (Å²) < 4.78 is 6.99. The van der Waals surface area contributed by atoms with Gasteiger partial charge in [0.15, 0.2) is 5.78 Å². The zero-order valence-corrected chi connectivity index (χ0v) is 19.6. The van der Waals surface area contributed by atoms with Gasteiger partial charge in [-0.1, -0.05) is 12.1 Å². The number of carbonyl (C=O) groups excluding carboxylic acids is 1. The highest BCUT2D eigenvalue weighted by atomic mass is 32.2. The van der Waals surface area contributed by atoms with Gasteiger partial charge in [0.05, 0.1) is 4.88 Å². The Labute approximate surface area is 189 Å². The lowest BCUT2D eigenvalue weighted by Gasteiger charge is -2.18. The second-order valence-corrected chi connectivity index (χ2v) is 9.93. The second-order valence-electron chi connectivity index (χ2n) is 8.00. The predicted molar refractivity (Wildman–Crippen MR) is 128 cm³/mol. The molecular formula is C25H24O4S2. The lowest BCUT2D eigenvalue weighted by molar-refractivity contribution is -0.147. The van der Waals surface area contributed by atoms with E-state index in [9.17, 15) is 14.7 Å². The Morgan fingerprint density at radius 1 is 1.13 bits per heavy atom. The van der Waals surface area contributed by atoms with E-state index in [1.165, 1.54) is 16.2 Å². The van der Waals surface area contributed by atoms with Gasteiger partial charge < -0.3 is 9.84 Å². The molecule has 4 nitrogen and oxygen atoms in total. The van der Waals surface area contributed by atoms with E-state index < -0.39 is 11.6 Å². The van der Waals surface area contributed by atoms with Crippen LogP contribution in [0.4, 0.5) is 0 Å². The fraction of sp³-hybridized carbons (Fsp3) is 0.280. The molecule has 1 saturated carbocycles. The van der Waals surface area contributed by atoms with Gasteiger partial charge in [0, 0.05) is 22.4 Å². The summed E-state index contributed by atoms with van der Waals surface area (Å²) in [6.45, 7) is 5.80. The number of benzene rings is 2. The first-order valence-corrected chi connectivity index (χ1v) is 12.1. The molecule has 1 aromatic heterocycles. The van der Waals surface area contributed by atoms with Crippen LogP contribution in [0.25, 0.3) is 16.2 Å². The largest absolute Gasteiger partial charge is 0.478 e. The van der Waals surface area contributed by atoms with Crippen LogP contribution >= 0.6 is 23.1 Å². The predicted octanol–water partition coefficient (Wildman–Crippen LogP) is 6.44. The molecule has 0 bridgehead atoms. The summed E-state index contributed by atoms with van der Waals surface area (Å²) in [4.78, 5) is 26.3. The van der Waals surface area contributed by atoms with Crippen molar-refractivity contribution in [1.82, 2.24) is 0 Å². The van der Waals surface area contributed by atoms with Crippen molar-refractivity contribution in [3.63, 3.8) is 0 Å². The number of thiophene rings is 1. The van der Waals surface area contributed by atoms with Crippen molar-refractivity contribution in [3.8, 4) is 5.75 Å². The lowest BCUT2D eigenvalue weighted by atomic mass is 10.0. The molecule has 0 saturated heterocycles. The average Bonchev–Trinajstić information content (AvgIpc) is 3.46. The van der Waals surface area contributed by atoms with Gasteiger partial charge in [0.25, 0.3) is 0 Å². The van der Waals surface area contributed by atoms with Crippen LogP contribution in [0.1, 0.15) is 44.8 Å². The molecule has 4 rings (SSSR count).